The van der Waals surface area contributed by atoms with Crippen molar-refractivity contribution in [3.05, 3.63) is 0 Å². The lowest BCUT2D eigenvalue weighted by molar-refractivity contribution is 0.244. The lowest BCUT2D eigenvalue weighted by atomic mass is 9.81. The second-order valence-electron chi connectivity index (χ2n) is 5.51. The summed E-state index contributed by atoms with van der Waals surface area (Å²) in [6, 6.07) is 0.677. The highest BCUT2D eigenvalue weighted by Crippen LogP contribution is 2.33. The predicted molar refractivity (Wildman–Crippen MR) is 62.3 cm³/mol. The normalized spacial score (nSPS) is 21.4. The van der Waals surface area contributed by atoms with Gasteiger partial charge in [0, 0.05) is 6.04 Å². The highest BCUT2D eigenvalue weighted by atomic mass is 14.9. The van der Waals surface area contributed by atoms with E-state index < -0.39 is 0 Å². The van der Waals surface area contributed by atoms with Crippen LogP contribution in [-0.2, 0) is 0 Å². The van der Waals surface area contributed by atoms with Gasteiger partial charge in [0.05, 0.1) is 0 Å². The molecule has 1 unspecified atom stereocenters. The molecule has 3 N–H and O–H groups in total. The summed E-state index contributed by atoms with van der Waals surface area (Å²) in [5.74, 6) is 0.894. The van der Waals surface area contributed by atoms with E-state index in [9.17, 15) is 0 Å². The number of nitrogens with one attached hydrogen (secondary N) is 1. The van der Waals surface area contributed by atoms with Crippen molar-refractivity contribution in [1.29, 1.82) is 0 Å². The van der Waals surface area contributed by atoms with Crippen LogP contribution in [0.4, 0.5) is 0 Å². The van der Waals surface area contributed by atoms with E-state index in [2.05, 4.69) is 26.2 Å². The Labute approximate surface area is 88.6 Å². The Balaban J connectivity index is 2.45. The number of hydrogen-bond donors (Lipinski definition) is 2. The third kappa shape index (κ3) is 3.25. The van der Waals surface area contributed by atoms with Crippen molar-refractivity contribution in [3.8, 4) is 0 Å². The van der Waals surface area contributed by atoms with Gasteiger partial charge in [-0.1, -0.05) is 26.7 Å². The van der Waals surface area contributed by atoms with Gasteiger partial charge >= 0.3 is 0 Å². The fraction of sp³-hybridized carbons (Fsp3) is 1.00. The lowest BCUT2D eigenvalue weighted by Gasteiger charge is -2.31. The topological polar surface area (TPSA) is 38.0 Å². The first-order chi connectivity index (χ1) is 6.59. The molecule has 0 spiro atoms. The van der Waals surface area contributed by atoms with Crippen LogP contribution in [0.3, 0.4) is 0 Å². The third-order valence-electron chi connectivity index (χ3n) is 3.66. The predicted octanol–water partition coefficient (Wildman–Crippen LogP) is 2.14. The zero-order chi connectivity index (χ0) is 10.6. The summed E-state index contributed by atoms with van der Waals surface area (Å²) in [5.41, 5.74) is 6.07. The van der Waals surface area contributed by atoms with Crippen LogP contribution in [-0.4, -0.2) is 19.6 Å². The molecule has 84 valence electrons. The Hall–Kier alpha value is -0.0800. The van der Waals surface area contributed by atoms with Crippen LogP contribution in [0.2, 0.25) is 0 Å². The van der Waals surface area contributed by atoms with Crippen molar-refractivity contribution < 1.29 is 0 Å². The van der Waals surface area contributed by atoms with Crippen LogP contribution in [0.25, 0.3) is 0 Å². The number of rotatable bonds is 5. The molecule has 1 atom stereocenters. The molecule has 1 saturated carbocycles. The van der Waals surface area contributed by atoms with E-state index in [0.717, 1.165) is 12.5 Å². The quantitative estimate of drug-likeness (QED) is 0.710. The summed E-state index contributed by atoms with van der Waals surface area (Å²) < 4.78 is 0. The van der Waals surface area contributed by atoms with E-state index in [-0.39, 0.29) is 5.41 Å². The summed E-state index contributed by atoms with van der Waals surface area (Å²) in [7, 11) is 2.09. The van der Waals surface area contributed by atoms with E-state index in [1.54, 1.807) is 0 Å². The summed E-state index contributed by atoms with van der Waals surface area (Å²) in [6.07, 6.45) is 6.88. The first kappa shape index (κ1) is 12.0. The van der Waals surface area contributed by atoms with Crippen molar-refractivity contribution in [2.45, 2.75) is 52.0 Å². The molecule has 2 nitrogen and oxygen atoms in total. The minimum absolute atomic E-state index is 0.288. The van der Waals surface area contributed by atoms with E-state index in [4.69, 9.17) is 5.73 Å². The molecule has 0 aromatic rings. The molecule has 0 aliphatic heterocycles. The minimum atomic E-state index is 0.288. The number of nitrogens with two attached hydrogens (primary N) is 1. The van der Waals surface area contributed by atoms with Gasteiger partial charge in [0.15, 0.2) is 0 Å². The van der Waals surface area contributed by atoms with E-state index in [0.29, 0.717) is 6.04 Å². The van der Waals surface area contributed by atoms with Gasteiger partial charge in [0.2, 0.25) is 0 Å². The molecular formula is C12H26N2. The molecule has 0 aromatic carbocycles. The Bertz CT molecular complexity index is 160. The van der Waals surface area contributed by atoms with Crippen molar-refractivity contribution in [3.63, 3.8) is 0 Å². The first-order valence-corrected chi connectivity index (χ1v) is 5.96. The summed E-state index contributed by atoms with van der Waals surface area (Å²) in [5, 5.41) is 3.48. The molecule has 1 aliphatic rings. The Morgan fingerprint density at radius 1 is 1.36 bits per heavy atom. The Morgan fingerprint density at radius 3 is 2.36 bits per heavy atom. The van der Waals surface area contributed by atoms with Crippen LogP contribution in [0, 0.1) is 11.3 Å². The van der Waals surface area contributed by atoms with Gasteiger partial charge in [0.1, 0.15) is 0 Å². The zero-order valence-corrected chi connectivity index (χ0v) is 9.97. The Morgan fingerprint density at radius 2 is 1.93 bits per heavy atom. The largest absolute Gasteiger partial charge is 0.330 e. The molecule has 1 rings (SSSR count). The van der Waals surface area contributed by atoms with E-state index >= 15 is 0 Å². The van der Waals surface area contributed by atoms with E-state index in [1.807, 2.05) is 0 Å². The zero-order valence-electron chi connectivity index (χ0n) is 9.97. The van der Waals surface area contributed by atoms with Gasteiger partial charge in [-0.25, -0.2) is 0 Å². The maximum atomic E-state index is 5.78. The van der Waals surface area contributed by atoms with Crippen LogP contribution in [0.15, 0.2) is 0 Å². The average molecular weight is 198 g/mol. The van der Waals surface area contributed by atoms with Crippen molar-refractivity contribution >= 4 is 0 Å². The fourth-order valence-electron chi connectivity index (χ4n) is 2.54. The molecule has 14 heavy (non-hydrogen) atoms. The molecule has 0 radical (unpaired) electrons. The number of hydrogen-bond acceptors (Lipinski definition) is 2. The SMILES string of the molecule is CNC(CC(C)(C)CN)C1CCCC1. The van der Waals surface area contributed by atoms with Crippen molar-refractivity contribution in [1.82, 2.24) is 5.32 Å². The maximum absolute atomic E-state index is 5.78. The average Bonchev–Trinajstić information content (AvgIpc) is 2.67. The van der Waals surface area contributed by atoms with Crippen molar-refractivity contribution in [2.75, 3.05) is 13.6 Å². The monoisotopic (exact) mass is 198 g/mol. The second kappa shape index (κ2) is 5.13. The summed E-state index contributed by atoms with van der Waals surface area (Å²) in [4.78, 5) is 0. The molecule has 1 fully saturated rings. The maximum Gasteiger partial charge on any atom is 0.00978 e. The Kier molecular flexibility index (Phi) is 4.39. The highest BCUT2D eigenvalue weighted by Gasteiger charge is 2.28. The molecule has 1 aliphatic carbocycles. The van der Waals surface area contributed by atoms with Gasteiger partial charge < -0.3 is 11.1 Å². The summed E-state index contributed by atoms with van der Waals surface area (Å²) in [6.45, 7) is 5.33. The van der Waals surface area contributed by atoms with Gasteiger partial charge in [-0.3, -0.25) is 0 Å². The van der Waals surface area contributed by atoms with Gasteiger partial charge in [-0.2, -0.15) is 0 Å². The molecule has 0 bridgehead atoms. The van der Waals surface area contributed by atoms with Gasteiger partial charge in [0.25, 0.3) is 0 Å². The molecule has 0 amide bonds. The highest BCUT2D eigenvalue weighted by molar-refractivity contribution is 4.85. The van der Waals surface area contributed by atoms with Gasteiger partial charge in [-0.05, 0) is 44.2 Å². The van der Waals surface area contributed by atoms with Crippen LogP contribution >= 0.6 is 0 Å². The van der Waals surface area contributed by atoms with Crippen LogP contribution < -0.4 is 11.1 Å². The first-order valence-electron chi connectivity index (χ1n) is 5.96. The van der Waals surface area contributed by atoms with E-state index in [1.165, 1.54) is 32.1 Å². The van der Waals surface area contributed by atoms with Crippen LogP contribution in [0.5, 0.6) is 0 Å². The molecule has 0 saturated heterocycles. The lowest BCUT2D eigenvalue weighted by Crippen LogP contribution is -2.39. The standard InChI is InChI=1S/C12H26N2/c1-12(2,9-13)8-11(14-3)10-6-4-5-7-10/h10-11,14H,4-9,13H2,1-3H3. The molecule has 2 heteroatoms. The van der Waals surface area contributed by atoms with Crippen molar-refractivity contribution in [2.24, 2.45) is 17.1 Å². The molecule has 0 heterocycles. The van der Waals surface area contributed by atoms with Gasteiger partial charge in [-0.15, -0.1) is 0 Å². The second-order valence-corrected chi connectivity index (χ2v) is 5.51. The third-order valence-corrected chi connectivity index (χ3v) is 3.66. The molecule has 0 aromatic heterocycles. The molecular weight excluding hydrogens is 172 g/mol. The summed E-state index contributed by atoms with van der Waals surface area (Å²) >= 11 is 0. The minimum Gasteiger partial charge on any atom is -0.330 e. The smallest absolute Gasteiger partial charge is 0.00978 e. The fourth-order valence-corrected chi connectivity index (χ4v) is 2.54. The van der Waals surface area contributed by atoms with Crippen LogP contribution in [0.1, 0.15) is 46.0 Å².